The third-order valence-electron chi connectivity index (χ3n) is 5.19. The molecule has 0 amide bonds. The third-order valence-corrected chi connectivity index (χ3v) is 5.68. The first-order valence-electron chi connectivity index (χ1n) is 8.05. The van der Waals surface area contributed by atoms with E-state index in [1.165, 1.54) is 25.7 Å². The molecule has 2 aliphatic rings. The number of hydrogen-bond acceptors (Lipinski definition) is 2. The van der Waals surface area contributed by atoms with E-state index in [0.29, 0.717) is 18.1 Å². The lowest BCUT2D eigenvalue weighted by atomic mass is 9.95. The summed E-state index contributed by atoms with van der Waals surface area (Å²) >= 11 is 3.47. The average Bonchev–Trinajstić information content (AvgIpc) is 2.81. The molecule has 1 aromatic carbocycles. The van der Waals surface area contributed by atoms with Gasteiger partial charge in [-0.05, 0) is 57.4 Å². The van der Waals surface area contributed by atoms with Crippen molar-refractivity contribution in [2.45, 2.75) is 63.7 Å². The predicted octanol–water partition coefficient (Wildman–Crippen LogP) is 4.25. The topological polar surface area (TPSA) is 15.3 Å². The maximum Gasteiger partial charge on any atom is 0.128 e. The van der Waals surface area contributed by atoms with Gasteiger partial charge >= 0.3 is 0 Å². The summed E-state index contributed by atoms with van der Waals surface area (Å²) in [7, 11) is 0. The van der Waals surface area contributed by atoms with Crippen molar-refractivity contribution in [3.8, 4) is 0 Å². The van der Waals surface area contributed by atoms with Gasteiger partial charge in [0.1, 0.15) is 5.82 Å². The van der Waals surface area contributed by atoms with E-state index in [4.69, 9.17) is 0 Å². The van der Waals surface area contributed by atoms with E-state index in [-0.39, 0.29) is 11.9 Å². The fourth-order valence-corrected chi connectivity index (χ4v) is 4.54. The van der Waals surface area contributed by atoms with E-state index in [0.717, 1.165) is 16.6 Å². The van der Waals surface area contributed by atoms with Gasteiger partial charge < -0.3 is 5.32 Å². The summed E-state index contributed by atoms with van der Waals surface area (Å²) in [5.41, 5.74) is 0.803. The highest BCUT2D eigenvalue weighted by Crippen LogP contribution is 2.35. The maximum atomic E-state index is 14.2. The highest BCUT2D eigenvalue weighted by Gasteiger charge is 2.37. The molecule has 3 atom stereocenters. The van der Waals surface area contributed by atoms with Gasteiger partial charge in [0.25, 0.3) is 0 Å². The van der Waals surface area contributed by atoms with Gasteiger partial charge in [0.05, 0.1) is 0 Å². The standard InChI is InChI=1S/C17H24BrFN2/c1-3-21(15-9-13-5-6-14(10-15)20-13)11(2)16-8-12(18)4-7-17(16)19/h4,7-8,11,13-15,20H,3,5-6,9-10H2,1-2H3. The van der Waals surface area contributed by atoms with Crippen molar-refractivity contribution < 1.29 is 4.39 Å². The summed E-state index contributed by atoms with van der Waals surface area (Å²) in [5, 5.41) is 3.69. The van der Waals surface area contributed by atoms with Gasteiger partial charge in [-0.3, -0.25) is 4.90 Å². The third kappa shape index (κ3) is 3.17. The zero-order valence-electron chi connectivity index (χ0n) is 12.8. The molecule has 0 spiro atoms. The Labute approximate surface area is 135 Å². The summed E-state index contributed by atoms with van der Waals surface area (Å²) in [5.74, 6) is -0.0962. The van der Waals surface area contributed by atoms with Gasteiger partial charge in [-0.2, -0.15) is 0 Å². The molecule has 0 radical (unpaired) electrons. The molecule has 2 fully saturated rings. The Morgan fingerprint density at radius 2 is 2.00 bits per heavy atom. The van der Waals surface area contributed by atoms with Crippen molar-refractivity contribution in [3.63, 3.8) is 0 Å². The van der Waals surface area contributed by atoms with Crippen molar-refractivity contribution in [1.82, 2.24) is 10.2 Å². The van der Waals surface area contributed by atoms with Crippen LogP contribution in [-0.4, -0.2) is 29.6 Å². The SMILES string of the molecule is CCN(C1CC2CCC(C1)N2)C(C)c1cc(Br)ccc1F. The maximum absolute atomic E-state index is 14.2. The molecule has 2 saturated heterocycles. The average molecular weight is 355 g/mol. The molecule has 1 aromatic rings. The lowest BCUT2D eigenvalue weighted by Gasteiger charge is -2.40. The Morgan fingerprint density at radius 1 is 1.33 bits per heavy atom. The molecule has 0 aliphatic carbocycles. The second-order valence-electron chi connectivity index (χ2n) is 6.44. The molecule has 1 N–H and O–H groups in total. The molecular formula is C17H24BrFN2. The van der Waals surface area contributed by atoms with Crippen LogP contribution in [-0.2, 0) is 0 Å². The van der Waals surface area contributed by atoms with Crippen LogP contribution in [0.1, 0.15) is 51.1 Å². The van der Waals surface area contributed by atoms with Crippen LogP contribution in [0.4, 0.5) is 4.39 Å². The largest absolute Gasteiger partial charge is 0.311 e. The van der Waals surface area contributed by atoms with Crippen LogP contribution in [0.3, 0.4) is 0 Å². The second-order valence-corrected chi connectivity index (χ2v) is 7.35. The molecular weight excluding hydrogens is 331 g/mol. The van der Waals surface area contributed by atoms with Gasteiger partial charge in [0.15, 0.2) is 0 Å². The quantitative estimate of drug-likeness (QED) is 0.869. The highest BCUT2D eigenvalue weighted by molar-refractivity contribution is 9.10. The molecule has 2 bridgehead atoms. The number of nitrogens with one attached hydrogen (secondary N) is 1. The Hall–Kier alpha value is -0.450. The van der Waals surface area contributed by atoms with Crippen molar-refractivity contribution in [1.29, 1.82) is 0 Å². The highest BCUT2D eigenvalue weighted by atomic mass is 79.9. The van der Waals surface area contributed by atoms with E-state index in [1.54, 1.807) is 12.1 Å². The zero-order valence-corrected chi connectivity index (χ0v) is 14.4. The van der Waals surface area contributed by atoms with Crippen molar-refractivity contribution >= 4 is 15.9 Å². The zero-order chi connectivity index (χ0) is 15.0. The number of halogens is 2. The van der Waals surface area contributed by atoms with Crippen molar-refractivity contribution in [2.24, 2.45) is 0 Å². The number of nitrogens with zero attached hydrogens (tertiary/aromatic N) is 1. The fourth-order valence-electron chi connectivity index (χ4n) is 4.16. The van der Waals surface area contributed by atoms with Crippen LogP contribution >= 0.6 is 15.9 Å². The molecule has 3 unspecified atom stereocenters. The lowest BCUT2D eigenvalue weighted by Crippen LogP contribution is -2.49. The molecule has 0 saturated carbocycles. The first kappa shape index (κ1) is 15.4. The monoisotopic (exact) mass is 354 g/mol. The number of fused-ring (bicyclic) bond motifs is 2. The molecule has 4 heteroatoms. The Balaban J connectivity index is 1.80. The van der Waals surface area contributed by atoms with Gasteiger partial charge in [0.2, 0.25) is 0 Å². The van der Waals surface area contributed by atoms with E-state index < -0.39 is 0 Å². The minimum absolute atomic E-state index is 0.0962. The molecule has 0 aromatic heterocycles. The van der Waals surface area contributed by atoms with E-state index >= 15 is 0 Å². The molecule has 21 heavy (non-hydrogen) atoms. The number of benzene rings is 1. The smallest absolute Gasteiger partial charge is 0.128 e. The fraction of sp³-hybridized carbons (Fsp3) is 0.647. The van der Waals surface area contributed by atoms with Crippen LogP contribution in [0, 0.1) is 5.82 Å². The van der Waals surface area contributed by atoms with Gasteiger partial charge in [0, 0.05) is 34.2 Å². The molecule has 2 nitrogen and oxygen atoms in total. The summed E-state index contributed by atoms with van der Waals surface area (Å²) in [6.45, 7) is 5.30. The van der Waals surface area contributed by atoms with Crippen LogP contribution in [0.5, 0.6) is 0 Å². The van der Waals surface area contributed by atoms with Crippen LogP contribution in [0.2, 0.25) is 0 Å². The first-order chi connectivity index (χ1) is 10.1. The number of piperidine rings is 1. The van der Waals surface area contributed by atoms with Crippen molar-refractivity contribution in [3.05, 3.63) is 34.1 Å². The van der Waals surface area contributed by atoms with Crippen molar-refractivity contribution in [2.75, 3.05) is 6.54 Å². The number of rotatable bonds is 4. The Morgan fingerprint density at radius 3 is 2.62 bits per heavy atom. The van der Waals surface area contributed by atoms with Gasteiger partial charge in [-0.25, -0.2) is 4.39 Å². The normalized spacial score (nSPS) is 29.9. The van der Waals surface area contributed by atoms with Gasteiger partial charge in [-0.15, -0.1) is 0 Å². The van der Waals surface area contributed by atoms with Crippen LogP contribution < -0.4 is 5.32 Å². The number of hydrogen-bond donors (Lipinski definition) is 1. The summed E-state index contributed by atoms with van der Waals surface area (Å²) in [6.07, 6.45) is 5.01. The van der Waals surface area contributed by atoms with E-state index in [2.05, 4.69) is 40.0 Å². The predicted molar refractivity (Wildman–Crippen MR) is 87.9 cm³/mol. The van der Waals surface area contributed by atoms with E-state index in [1.807, 2.05) is 6.07 Å². The molecule has 2 aliphatic heterocycles. The minimum Gasteiger partial charge on any atom is -0.311 e. The van der Waals surface area contributed by atoms with E-state index in [9.17, 15) is 4.39 Å². The Kier molecular flexibility index (Phi) is 4.67. The van der Waals surface area contributed by atoms with Crippen LogP contribution in [0.15, 0.2) is 22.7 Å². The summed E-state index contributed by atoms with van der Waals surface area (Å²) < 4.78 is 15.1. The second kappa shape index (κ2) is 6.35. The molecule has 2 heterocycles. The first-order valence-corrected chi connectivity index (χ1v) is 8.84. The lowest BCUT2D eigenvalue weighted by molar-refractivity contribution is 0.106. The minimum atomic E-state index is -0.0962. The summed E-state index contributed by atoms with van der Waals surface area (Å²) in [4.78, 5) is 2.48. The van der Waals surface area contributed by atoms with Crippen LogP contribution in [0.25, 0.3) is 0 Å². The molecule has 116 valence electrons. The summed E-state index contributed by atoms with van der Waals surface area (Å²) in [6, 6.07) is 7.29. The molecule has 3 rings (SSSR count). The Bertz CT molecular complexity index is 496. The van der Waals surface area contributed by atoms with Gasteiger partial charge in [-0.1, -0.05) is 22.9 Å².